The van der Waals surface area contributed by atoms with Crippen LogP contribution in [0.25, 0.3) is 0 Å². The van der Waals surface area contributed by atoms with Gasteiger partial charge in [-0.1, -0.05) is 48.6 Å². The molecule has 0 bridgehead atoms. The topological polar surface area (TPSA) is 92.4 Å². The molecule has 6 heteroatoms. The fourth-order valence-electron chi connectivity index (χ4n) is 3.18. The Morgan fingerprint density at radius 1 is 1.27 bits per heavy atom. The Morgan fingerprint density at radius 2 is 2.03 bits per heavy atom. The van der Waals surface area contributed by atoms with E-state index in [1.165, 1.54) is 12.5 Å². The first-order chi connectivity index (χ1) is 14.6. The molecule has 30 heavy (non-hydrogen) atoms. The van der Waals surface area contributed by atoms with Gasteiger partial charge >= 0.3 is 0 Å². The Labute approximate surface area is 177 Å². The average Bonchev–Trinajstić information content (AvgIpc) is 3.62. The van der Waals surface area contributed by atoms with Gasteiger partial charge in [0, 0.05) is 29.9 Å². The number of amides is 1. The van der Waals surface area contributed by atoms with Crippen molar-refractivity contribution in [2.45, 2.75) is 38.1 Å². The van der Waals surface area contributed by atoms with Gasteiger partial charge in [-0.2, -0.15) is 0 Å². The van der Waals surface area contributed by atoms with E-state index >= 15 is 0 Å². The van der Waals surface area contributed by atoms with Crippen LogP contribution in [0.5, 0.6) is 0 Å². The Kier molecular flexibility index (Phi) is 7.27. The third kappa shape index (κ3) is 5.50. The van der Waals surface area contributed by atoms with Crippen molar-refractivity contribution in [3.05, 3.63) is 83.7 Å². The van der Waals surface area contributed by atoms with E-state index in [0.29, 0.717) is 11.3 Å². The number of nitrogens with zero attached hydrogens (tertiary/aromatic N) is 2. The fraction of sp³-hybridized carbons (Fsp3) is 0.250. The lowest BCUT2D eigenvalue weighted by Crippen LogP contribution is -2.31. The van der Waals surface area contributed by atoms with Crippen LogP contribution in [0, 0.1) is 10.8 Å². The number of allylic oxidation sites excluding steroid dienone is 4. The zero-order chi connectivity index (χ0) is 21.3. The van der Waals surface area contributed by atoms with Gasteiger partial charge in [-0.05, 0) is 43.9 Å². The maximum Gasteiger partial charge on any atom is 0.273 e. The van der Waals surface area contributed by atoms with Crippen LogP contribution in [0.2, 0.25) is 0 Å². The number of rotatable bonds is 8. The molecular formula is C24H27N5O. The van der Waals surface area contributed by atoms with Gasteiger partial charge in [-0.3, -0.25) is 20.6 Å². The fourth-order valence-corrected chi connectivity index (χ4v) is 3.18. The van der Waals surface area contributed by atoms with Crippen molar-refractivity contribution in [3.63, 3.8) is 0 Å². The number of nitrogens with one attached hydrogen (secondary N) is 3. The Balaban J connectivity index is 1.67. The van der Waals surface area contributed by atoms with Crippen molar-refractivity contribution in [1.82, 2.24) is 10.2 Å². The Bertz CT molecular complexity index is 936. The summed E-state index contributed by atoms with van der Waals surface area (Å²) in [6.45, 7) is 1.90. The molecule has 1 amide bonds. The molecule has 154 valence electrons. The molecule has 1 unspecified atom stereocenters. The molecule has 6 nitrogen and oxygen atoms in total. The molecule has 1 aromatic carbocycles. The lowest BCUT2D eigenvalue weighted by atomic mass is 9.93. The van der Waals surface area contributed by atoms with Crippen molar-refractivity contribution in [1.29, 1.82) is 10.8 Å². The minimum Gasteiger partial charge on any atom is -0.327 e. The number of amidine groups is 1. The monoisotopic (exact) mass is 401 g/mol. The summed E-state index contributed by atoms with van der Waals surface area (Å²) < 4.78 is 0. The molecule has 1 saturated carbocycles. The molecule has 1 fully saturated rings. The molecule has 1 heterocycles. The van der Waals surface area contributed by atoms with Crippen LogP contribution in [0.4, 0.5) is 0 Å². The third-order valence-electron chi connectivity index (χ3n) is 4.97. The molecule has 0 aromatic heterocycles. The van der Waals surface area contributed by atoms with E-state index in [0.717, 1.165) is 24.8 Å². The molecule has 1 aliphatic carbocycles. The maximum atomic E-state index is 12.6. The SMILES string of the molecule is C\C=C/C=C(\C=C\NC(=O)C1=CC(c2ccccc2)CC=N1)C(=N)N(C=N)C1CC1. The summed E-state index contributed by atoms with van der Waals surface area (Å²) in [6.07, 6.45) is 16.3. The van der Waals surface area contributed by atoms with Gasteiger partial charge in [0.25, 0.3) is 5.91 Å². The second-order valence-corrected chi connectivity index (χ2v) is 7.19. The molecule has 0 saturated heterocycles. The maximum absolute atomic E-state index is 12.6. The van der Waals surface area contributed by atoms with E-state index in [2.05, 4.69) is 22.4 Å². The van der Waals surface area contributed by atoms with Crippen LogP contribution in [-0.2, 0) is 4.79 Å². The van der Waals surface area contributed by atoms with Gasteiger partial charge in [0.2, 0.25) is 0 Å². The number of hydrogen-bond donors (Lipinski definition) is 3. The third-order valence-corrected chi connectivity index (χ3v) is 4.97. The van der Waals surface area contributed by atoms with Crippen molar-refractivity contribution < 1.29 is 4.79 Å². The lowest BCUT2D eigenvalue weighted by molar-refractivity contribution is -0.116. The van der Waals surface area contributed by atoms with Crippen molar-refractivity contribution in [2.75, 3.05) is 0 Å². The van der Waals surface area contributed by atoms with E-state index in [-0.39, 0.29) is 23.7 Å². The average molecular weight is 402 g/mol. The number of carbonyl (C=O) groups is 1. The molecule has 3 N–H and O–H groups in total. The Hall–Kier alpha value is -3.54. The molecule has 0 radical (unpaired) electrons. The number of benzene rings is 1. The van der Waals surface area contributed by atoms with E-state index in [1.54, 1.807) is 23.3 Å². The highest BCUT2D eigenvalue weighted by Gasteiger charge is 2.30. The molecule has 1 aromatic rings. The molecule has 2 aliphatic rings. The van der Waals surface area contributed by atoms with Gasteiger partial charge in [0.1, 0.15) is 11.5 Å². The van der Waals surface area contributed by atoms with Crippen LogP contribution in [0.3, 0.4) is 0 Å². The molecule has 1 atom stereocenters. The van der Waals surface area contributed by atoms with Gasteiger partial charge in [-0.25, -0.2) is 0 Å². The summed E-state index contributed by atoms with van der Waals surface area (Å²) in [5, 5.41) is 18.8. The summed E-state index contributed by atoms with van der Waals surface area (Å²) in [5.41, 5.74) is 2.15. The molecular weight excluding hydrogens is 374 g/mol. The second-order valence-electron chi connectivity index (χ2n) is 7.19. The quantitative estimate of drug-likeness (QED) is 0.344. The summed E-state index contributed by atoms with van der Waals surface area (Å²) in [5.74, 6) is 0.0905. The van der Waals surface area contributed by atoms with Crippen molar-refractivity contribution >= 4 is 24.3 Å². The van der Waals surface area contributed by atoms with Gasteiger partial charge in [0.15, 0.2) is 0 Å². The molecule has 3 rings (SSSR count). The minimum absolute atomic E-state index is 0.131. The standard InChI is InChI=1S/C24H27N5O/c1-2-3-7-19(23(26)29(17-25)21-10-11-21)12-15-28-24(30)22-16-20(13-14-27-22)18-8-5-4-6-9-18/h2-9,12,14-17,20-21,25-26H,10-11,13H2,1H3,(H,28,30)/b3-2-,15-12+,19-7+,25-17?,26-23?. The van der Waals surface area contributed by atoms with Crippen molar-refractivity contribution in [2.24, 2.45) is 4.99 Å². The highest BCUT2D eigenvalue weighted by atomic mass is 16.1. The van der Waals surface area contributed by atoms with Gasteiger partial charge in [0.05, 0.1) is 6.34 Å². The first-order valence-corrected chi connectivity index (χ1v) is 10.1. The van der Waals surface area contributed by atoms with Crippen molar-refractivity contribution in [3.8, 4) is 0 Å². The number of carbonyl (C=O) groups excluding carboxylic acids is 1. The Morgan fingerprint density at radius 3 is 2.70 bits per heavy atom. The van der Waals surface area contributed by atoms with Crippen LogP contribution >= 0.6 is 0 Å². The van der Waals surface area contributed by atoms with Gasteiger partial charge < -0.3 is 10.2 Å². The predicted molar refractivity (Wildman–Crippen MR) is 122 cm³/mol. The summed E-state index contributed by atoms with van der Waals surface area (Å²) in [7, 11) is 0. The second kappa shape index (κ2) is 10.3. The first-order valence-electron chi connectivity index (χ1n) is 10.1. The first kappa shape index (κ1) is 21.2. The van der Waals surface area contributed by atoms with E-state index in [9.17, 15) is 4.79 Å². The summed E-state index contributed by atoms with van der Waals surface area (Å²) in [4.78, 5) is 18.5. The minimum atomic E-state index is -0.286. The zero-order valence-electron chi connectivity index (χ0n) is 17.1. The van der Waals surface area contributed by atoms with Crippen LogP contribution in [0.15, 0.2) is 83.2 Å². The zero-order valence-corrected chi connectivity index (χ0v) is 17.1. The lowest BCUT2D eigenvalue weighted by Gasteiger charge is -2.19. The van der Waals surface area contributed by atoms with Crippen LogP contribution in [0.1, 0.15) is 37.7 Å². The predicted octanol–water partition coefficient (Wildman–Crippen LogP) is 4.31. The van der Waals surface area contributed by atoms with Crippen LogP contribution < -0.4 is 5.32 Å². The highest BCUT2D eigenvalue weighted by Crippen LogP contribution is 2.27. The van der Waals surface area contributed by atoms with E-state index in [4.69, 9.17) is 10.8 Å². The molecule has 1 aliphatic heterocycles. The van der Waals surface area contributed by atoms with E-state index in [1.807, 2.05) is 43.4 Å². The van der Waals surface area contributed by atoms with Gasteiger partial charge in [-0.15, -0.1) is 0 Å². The number of hydrogen-bond acceptors (Lipinski definition) is 4. The molecule has 0 spiro atoms. The normalized spacial score (nSPS) is 19.0. The smallest absolute Gasteiger partial charge is 0.273 e. The highest BCUT2D eigenvalue weighted by molar-refractivity contribution is 6.04. The number of aliphatic imine (C=N–C) groups is 1. The summed E-state index contributed by atoms with van der Waals surface area (Å²) in [6, 6.07) is 10.3. The largest absolute Gasteiger partial charge is 0.327 e. The van der Waals surface area contributed by atoms with Crippen LogP contribution in [-0.4, -0.2) is 35.2 Å². The van der Waals surface area contributed by atoms with E-state index < -0.39 is 0 Å². The summed E-state index contributed by atoms with van der Waals surface area (Å²) >= 11 is 0.